The van der Waals surface area contributed by atoms with Gasteiger partial charge in [-0.25, -0.2) is 0 Å². The van der Waals surface area contributed by atoms with Gasteiger partial charge in [0.1, 0.15) is 0 Å². The fraction of sp³-hybridized carbons (Fsp3) is 0.294. The van der Waals surface area contributed by atoms with Gasteiger partial charge in [-0.05, 0) is 49.6 Å². The highest BCUT2D eigenvalue weighted by atomic mass is 15.1. The second kappa shape index (κ2) is 6.83. The van der Waals surface area contributed by atoms with Crippen LogP contribution in [-0.4, -0.2) is 13.1 Å². The van der Waals surface area contributed by atoms with Crippen LogP contribution in [0.4, 0.5) is 11.4 Å². The highest BCUT2D eigenvalue weighted by molar-refractivity contribution is 5.45. The van der Waals surface area contributed by atoms with Crippen molar-refractivity contribution in [2.24, 2.45) is 0 Å². The summed E-state index contributed by atoms with van der Waals surface area (Å²) in [6.45, 7) is 4.34. The molecule has 2 heteroatoms. The van der Waals surface area contributed by atoms with E-state index in [2.05, 4.69) is 54.3 Å². The van der Waals surface area contributed by atoms with Crippen LogP contribution in [-0.2, 0) is 6.42 Å². The van der Waals surface area contributed by atoms with Gasteiger partial charge in [-0.15, -0.1) is 0 Å². The highest BCUT2D eigenvalue weighted by Crippen LogP contribution is 2.14. The van der Waals surface area contributed by atoms with E-state index in [9.17, 15) is 0 Å². The molecule has 2 aromatic carbocycles. The van der Waals surface area contributed by atoms with Crippen LogP contribution < -0.4 is 10.6 Å². The van der Waals surface area contributed by atoms with Crippen LogP contribution in [0.3, 0.4) is 0 Å². The number of para-hydroxylation sites is 1. The average molecular weight is 254 g/mol. The summed E-state index contributed by atoms with van der Waals surface area (Å²) in [6.07, 6.45) is 2.26. The van der Waals surface area contributed by atoms with Crippen molar-refractivity contribution in [2.45, 2.75) is 19.8 Å². The lowest BCUT2D eigenvalue weighted by atomic mass is 10.1. The fourth-order valence-corrected chi connectivity index (χ4v) is 2.27. The number of hydrogen-bond donors (Lipinski definition) is 1. The molecule has 2 nitrogen and oxygen atoms in total. The van der Waals surface area contributed by atoms with Gasteiger partial charge in [-0.2, -0.15) is 0 Å². The van der Waals surface area contributed by atoms with E-state index in [0.717, 1.165) is 31.6 Å². The first-order chi connectivity index (χ1) is 9.29. The molecule has 0 aliphatic carbocycles. The zero-order valence-electron chi connectivity index (χ0n) is 11.5. The number of benzene rings is 2. The minimum atomic E-state index is 0.836. The van der Waals surface area contributed by atoms with E-state index >= 15 is 0 Å². The van der Waals surface area contributed by atoms with E-state index in [1.165, 1.54) is 11.3 Å². The smallest absolute Gasteiger partial charge is 0.0366 e. The Morgan fingerprint density at radius 1 is 0.947 bits per heavy atom. The Morgan fingerprint density at radius 2 is 1.63 bits per heavy atom. The maximum Gasteiger partial charge on any atom is 0.0366 e. The molecule has 0 saturated heterocycles. The summed E-state index contributed by atoms with van der Waals surface area (Å²) in [5.41, 5.74) is 9.20. The molecule has 0 heterocycles. The molecule has 0 amide bonds. The molecule has 2 aromatic rings. The number of hydrogen-bond acceptors (Lipinski definition) is 2. The van der Waals surface area contributed by atoms with E-state index in [-0.39, 0.29) is 0 Å². The van der Waals surface area contributed by atoms with Crippen LogP contribution >= 0.6 is 0 Å². The molecule has 100 valence electrons. The van der Waals surface area contributed by atoms with E-state index in [0.29, 0.717) is 0 Å². The summed E-state index contributed by atoms with van der Waals surface area (Å²) >= 11 is 0. The summed E-state index contributed by atoms with van der Waals surface area (Å²) in [4.78, 5) is 2.41. The minimum Gasteiger partial charge on any atom is -0.399 e. The largest absolute Gasteiger partial charge is 0.399 e. The lowest BCUT2D eigenvalue weighted by Crippen LogP contribution is -2.24. The molecule has 0 aliphatic rings. The van der Waals surface area contributed by atoms with Crippen molar-refractivity contribution in [1.82, 2.24) is 0 Å². The predicted octanol–water partition coefficient (Wildman–Crippen LogP) is 3.73. The Bertz CT molecular complexity index is 476. The van der Waals surface area contributed by atoms with Crippen molar-refractivity contribution in [3.63, 3.8) is 0 Å². The van der Waals surface area contributed by atoms with Crippen molar-refractivity contribution in [3.8, 4) is 0 Å². The Labute approximate surface area is 115 Å². The average Bonchev–Trinajstić information content (AvgIpc) is 2.46. The maximum atomic E-state index is 5.69. The van der Waals surface area contributed by atoms with Gasteiger partial charge in [0.2, 0.25) is 0 Å². The Balaban J connectivity index is 1.85. The Hall–Kier alpha value is -1.96. The predicted molar refractivity (Wildman–Crippen MR) is 83.5 cm³/mol. The molecule has 0 bridgehead atoms. The topological polar surface area (TPSA) is 29.3 Å². The number of nitrogens with zero attached hydrogens (tertiary/aromatic N) is 1. The number of nitrogen functional groups attached to an aromatic ring is 1. The van der Waals surface area contributed by atoms with Crippen LogP contribution in [0, 0.1) is 0 Å². The molecular weight excluding hydrogens is 232 g/mol. The molecule has 0 unspecified atom stereocenters. The Kier molecular flexibility index (Phi) is 4.85. The van der Waals surface area contributed by atoms with Crippen LogP contribution in [0.1, 0.15) is 18.9 Å². The second-order valence-electron chi connectivity index (χ2n) is 4.76. The lowest BCUT2D eigenvalue weighted by Gasteiger charge is -2.23. The van der Waals surface area contributed by atoms with Crippen molar-refractivity contribution >= 4 is 11.4 Å². The van der Waals surface area contributed by atoms with Crippen LogP contribution in [0.15, 0.2) is 54.6 Å². The molecule has 0 aliphatic heterocycles. The van der Waals surface area contributed by atoms with Gasteiger partial charge in [0.05, 0.1) is 0 Å². The number of rotatable bonds is 6. The zero-order valence-corrected chi connectivity index (χ0v) is 11.5. The van der Waals surface area contributed by atoms with Gasteiger partial charge < -0.3 is 10.6 Å². The first-order valence-electron chi connectivity index (χ1n) is 6.94. The zero-order chi connectivity index (χ0) is 13.5. The molecule has 0 aromatic heterocycles. The fourth-order valence-electron chi connectivity index (χ4n) is 2.27. The number of aryl methyl sites for hydroxylation is 1. The van der Waals surface area contributed by atoms with Crippen molar-refractivity contribution in [1.29, 1.82) is 0 Å². The van der Waals surface area contributed by atoms with E-state index in [1.807, 2.05) is 12.1 Å². The maximum absolute atomic E-state index is 5.69. The quantitative estimate of drug-likeness (QED) is 0.796. The van der Waals surface area contributed by atoms with E-state index < -0.39 is 0 Å². The Morgan fingerprint density at radius 3 is 2.26 bits per heavy atom. The number of anilines is 2. The first kappa shape index (κ1) is 13.5. The summed E-state index contributed by atoms with van der Waals surface area (Å²) in [5, 5.41) is 0. The highest BCUT2D eigenvalue weighted by Gasteiger charge is 2.03. The van der Waals surface area contributed by atoms with Crippen LogP contribution in [0.5, 0.6) is 0 Å². The molecule has 2 N–H and O–H groups in total. The summed E-state index contributed by atoms with van der Waals surface area (Å²) in [5.74, 6) is 0. The molecule has 19 heavy (non-hydrogen) atoms. The summed E-state index contributed by atoms with van der Waals surface area (Å²) in [7, 11) is 0. The second-order valence-corrected chi connectivity index (χ2v) is 4.76. The molecule has 2 rings (SSSR count). The SMILES string of the molecule is CCN(CCCc1ccc(N)cc1)c1ccccc1. The van der Waals surface area contributed by atoms with E-state index in [4.69, 9.17) is 5.73 Å². The molecule has 0 spiro atoms. The molecule has 0 fully saturated rings. The van der Waals surface area contributed by atoms with Crippen molar-refractivity contribution in [3.05, 3.63) is 60.2 Å². The third-order valence-corrected chi connectivity index (χ3v) is 3.38. The third-order valence-electron chi connectivity index (χ3n) is 3.38. The van der Waals surface area contributed by atoms with Gasteiger partial charge >= 0.3 is 0 Å². The third kappa shape index (κ3) is 4.02. The van der Waals surface area contributed by atoms with Gasteiger partial charge in [0, 0.05) is 24.5 Å². The van der Waals surface area contributed by atoms with Crippen LogP contribution in [0.25, 0.3) is 0 Å². The first-order valence-corrected chi connectivity index (χ1v) is 6.94. The molecule has 0 saturated carbocycles. The van der Waals surface area contributed by atoms with Gasteiger partial charge in [-0.3, -0.25) is 0 Å². The monoisotopic (exact) mass is 254 g/mol. The number of nitrogens with two attached hydrogens (primary N) is 1. The van der Waals surface area contributed by atoms with Crippen molar-refractivity contribution in [2.75, 3.05) is 23.7 Å². The normalized spacial score (nSPS) is 10.4. The van der Waals surface area contributed by atoms with E-state index in [1.54, 1.807) is 0 Å². The molecule has 0 radical (unpaired) electrons. The van der Waals surface area contributed by atoms with Gasteiger partial charge in [-0.1, -0.05) is 30.3 Å². The lowest BCUT2D eigenvalue weighted by molar-refractivity contribution is 0.746. The van der Waals surface area contributed by atoms with Gasteiger partial charge in [0.15, 0.2) is 0 Å². The van der Waals surface area contributed by atoms with Crippen LogP contribution in [0.2, 0.25) is 0 Å². The van der Waals surface area contributed by atoms with Crippen molar-refractivity contribution < 1.29 is 0 Å². The summed E-state index contributed by atoms with van der Waals surface area (Å²) < 4.78 is 0. The molecule has 0 atom stereocenters. The van der Waals surface area contributed by atoms with Gasteiger partial charge in [0.25, 0.3) is 0 Å². The molecular formula is C17H22N2. The minimum absolute atomic E-state index is 0.836. The standard InChI is InChI=1S/C17H22N2/c1-2-19(17-8-4-3-5-9-17)14-6-7-15-10-12-16(18)13-11-15/h3-5,8-13H,2,6-7,14,18H2,1H3. The summed E-state index contributed by atoms with van der Waals surface area (Å²) in [6, 6.07) is 18.8.